The van der Waals surface area contributed by atoms with Gasteiger partial charge in [0, 0.05) is 19.3 Å². The van der Waals surface area contributed by atoms with Gasteiger partial charge in [0.05, 0.1) is 0 Å². The summed E-state index contributed by atoms with van der Waals surface area (Å²) in [6.07, 6.45) is 1.64. The highest BCUT2D eigenvalue weighted by molar-refractivity contribution is 5.43. The summed E-state index contributed by atoms with van der Waals surface area (Å²) in [5.41, 5.74) is 5.63. The molecule has 1 saturated heterocycles. The van der Waals surface area contributed by atoms with Gasteiger partial charge in [0.1, 0.15) is 0 Å². The number of hydrogen-bond donors (Lipinski definition) is 1. The zero-order valence-electron chi connectivity index (χ0n) is 8.44. The molecule has 2 heterocycles. The molecule has 3 nitrogen and oxygen atoms in total. The quantitative estimate of drug-likeness (QED) is 0.782. The lowest BCUT2D eigenvalue weighted by molar-refractivity contribution is 0.594. The Bertz CT molecular complexity index is 370. The number of piperidine rings is 1. The minimum Gasteiger partial charge on any atom is -0.354 e. The summed E-state index contributed by atoms with van der Waals surface area (Å²) in [7, 11) is 0. The number of nitrogens with zero attached hydrogens (tertiary/aromatic N) is 2. The molecular formula is C11H14FN3. The zero-order valence-corrected chi connectivity index (χ0v) is 8.44. The van der Waals surface area contributed by atoms with Crippen molar-refractivity contribution in [3.63, 3.8) is 0 Å². The number of pyridine rings is 1. The van der Waals surface area contributed by atoms with E-state index in [2.05, 4.69) is 4.98 Å². The number of rotatable bonds is 2. The van der Waals surface area contributed by atoms with Crippen molar-refractivity contribution in [1.82, 2.24) is 4.98 Å². The first-order chi connectivity index (χ1) is 7.31. The zero-order chi connectivity index (χ0) is 10.4. The monoisotopic (exact) mass is 207 g/mol. The van der Waals surface area contributed by atoms with Gasteiger partial charge in [-0.2, -0.15) is 0 Å². The fourth-order valence-corrected chi connectivity index (χ4v) is 2.78. The van der Waals surface area contributed by atoms with Gasteiger partial charge in [-0.05, 0) is 36.4 Å². The summed E-state index contributed by atoms with van der Waals surface area (Å²) < 4.78 is 13.4. The van der Waals surface area contributed by atoms with Crippen LogP contribution in [0.1, 0.15) is 0 Å². The van der Waals surface area contributed by atoms with Gasteiger partial charge in [0.15, 0.2) is 11.6 Å². The SMILES string of the molecule is NCC1C2CN(c3ncccc3F)CC12. The third kappa shape index (κ3) is 1.32. The first kappa shape index (κ1) is 9.09. The van der Waals surface area contributed by atoms with E-state index in [0.717, 1.165) is 19.6 Å². The van der Waals surface area contributed by atoms with Gasteiger partial charge in [-0.15, -0.1) is 0 Å². The molecule has 1 aliphatic heterocycles. The van der Waals surface area contributed by atoms with Gasteiger partial charge in [0.2, 0.25) is 0 Å². The molecule has 0 amide bonds. The van der Waals surface area contributed by atoms with Crippen LogP contribution in [0, 0.1) is 23.6 Å². The van der Waals surface area contributed by atoms with Gasteiger partial charge >= 0.3 is 0 Å². The van der Waals surface area contributed by atoms with Crippen LogP contribution in [0.5, 0.6) is 0 Å². The van der Waals surface area contributed by atoms with E-state index < -0.39 is 0 Å². The molecule has 0 aromatic carbocycles. The van der Waals surface area contributed by atoms with E-state index in [1.165, 1.54) is 6.07 Å². The number of aromatic nitrogens is 1. The van der Waals surface area contributed by atoms with Crippen LogP contribution in [0.15, 0.2) is 18.3 Å². The van der Waals surface area contributed by atoms with Crippen molar-refractivity contribution in [2.24, 2.45) is 23.5 Å². The number of hydrogen-bond acceptors (Lipinski definition) is 3. The second-order valence-corrected chi connectivity index (χ2v) is 4.44. The number of nitrogens with two attached hydrogens (primary N) is 1. The summed E-state index contributed by atoms with van der Waals surface area (Å²) >= 11 is 0. The highest BCUT2D eigenvalue weighted by Gasteiger charge is 2.55. The summed E-state index contributed by atoms with van der Waals surface area (Å²) in [4.78, 5) is 6.12. The van der Waals surface area contributed by atoms with E-state index in [9.17, 15) is 4.39 Å². The van der Waals surface area contributed by atoms with E-state index in [4.69, 9.17) is 5.73 Å². The smallest absolute Gasteiger partial charge is 0.165 e. The van der Waals surface area contributed by atoms with Gasteiger partial charge in [-0.25, -0.2) is 9.37 Å². The van der Waals surface area contributed by atoms with Crippen molar-refractivity contribution < 1.29 is 4.39 Å². The maximum absolute atomic E-state index is 13.4. The van der Waals surface area contributed by atoms with Gasteiger partial charge < -0.3 is 10.6 Å². The predicted molar refractivity (Wildman–Crippen MR) is 55.9 cm³/mol. The summed E-state index contributed by atoms with van der Waals surface area (Å²) in [5, 5.41) is 0. The van der Waals surface area contributed by atoms with E-state index >= 15 is 0 Å². The maximum atomic E-state index is 13.4. The lowest BCUT2D eigenvalue weighted by Gasteiger charge is -2.20. The summed E-state index contributed by atoms with van der Waals surface area (Å²) in [6, 6.07) is 3.09. The van der Waals surface area contributed by atoms with E-state index in [1.807, 2.05) is 4.90 Å². The third-order valence-electron chi connectivity index (χ3n) is 3.68. The Labute approximate surface area is 88.1 Å². The van der Waals surface area contributed by atoms with Gasteiger partial charge in [-0.3, -0.25) is 0 Å². The molecular weight excluding hydrogens is 193 g/mol. The minimum absolute atomic E-state index is 0.219. The van der Waals surface area contributed by atoms with Crippen molar-refractivity contribution in [2.45, 2.75) is 0 Å². The Morgan fingerprint density at radius 3 is 2.80 bits per heavy atom. The summed E-state index contributed by atoms with van der Waals surface area (Å²) in [5.74, 6) is 2.31. The molecule has 80 valence electrons. The second kappa shape index (κ2) is 3.17. The average Bonchev–Trinajstić information content (AvgIpc) is 2.72. The Hall–Kier alpha value is -1.16. The molecule has 2 fully saturated rings. The topological polar surface area (TPSA) is 42.1 Å². The van der Waals surface area contributed by atoms with Crippen LogP contribution in [0.2, 0.25) is 0 Å². The van der Waals surface area contributed by atoms with Crippen LogP contribution in [0.4, 0.5) is 10.2 Å². The molecule has 0 bridgehead atoms. The van der Waals surface area contributed by atoms with Crippen LogP contribution in [-0.4, -0.2) is 24.6 Å². The minimum atomic E-state index is -0.219. The van der Waals surface area contributed by atoms with Crippen molar-refractivity contribution in [3.8, 4) is 0 Å². The first-order valence-electron chi connectivity index (χ1n) is 5.37. The molecule has 1 aliphatic carbocycles. The van der Waals surface area contributed by atoms with E-state index in [-0.39, 0.29) is 5.82 Å². The standard InChI is InChI=1S/C11H14FN3/c12-10-2-1-3-14-11(10)15-5-8-7(4-13)9(8)6-15/h1-3,7-9H,4-6,13H2. The molecule has 0 radical (unpaired) electrons. The van der Waals surface area contributed by atoms with Crippen LogP contribution in [0.25, 0.3) is 0 Å². The van der Waals surface area contributed by atoms with E-state index in [1.54, 1.807) is 12.3 Å². The van der Waals surface area contributed by atoms with Gasteiger partial charge in [0.25, 0.3) is 0 Å². The summed E-state index contributed by atoms with van der Waals surface area (Å²) in [6.45, 7) is 2.61. The Morgan fingerprint density at radius 2 is 2.20 bits per heavy atom. The van der Waals surface area contributed by atoms with Crippen molar-refractivity contribution >= 4 is 5.82 Å². The van der Waals surface area contributed by atoms with Crippen LogP contribution in [0.3, 0.4) is 0 Å². The number of anilines is 1. The van der Waals surface area contributed by atoms with Gasteiger partial charge in [-0.1, -0.05) is 0 Å². The molecule has 15 heavy (non-hydrogen) atoms. The number of fused-ring (bicyclic) bond motifs is 1. The third-order valence-corrected chi connectivity index (χ3v) is 3.68. The maximum Gasteiger partial charge on any atom is 0.165 e. The Morgan fingerprint density at radius 1 is 1.47 bits per heavy atom. The first-order valence-corrected chi connectivity index (χ1v) is 5.37. The molecule has 4 heteroatoms. The molecule has 1 saturated carbocycles. The van der Waals surface area contributed by atoms with Crippen LogP contribution >= 0.6 is 0 Å². The molecule has 2 N–H and O–H groups in total. The molecule has 1 aromatic heterocycles. The largest absolute Gasteiger partial charge is 0.354 e. The molecule has 3 rings (SSSR count). The molecule has 0 spiro atoms. The fraction of sp³-hybridized carbons (Fsp3) is 0.545. The molecule has 2 aliphatic rings. The van der Waals surface area contributed by atoms with Crippen LogP contribution in [-0.2, 0) is 0 Å². The van der Waals surface area contributed by atoms with Crippen LogP contribution < -0.4 is 10.6 Å². The lowest BCUT2D eigenvalue weighted by atomic mass is 10.2. The Kier molecular flexibility index (Phi) is 1.92. The number of halogens is 1. The van der Waals surface area contributed by atoms with Crippen molar-refractivity contribution in [2.75, 3.05) is 24.5 Å². The van der Waals surface area contributed by atoms with E-state index in [0.29, 0.717) is 23.6 Å². The predicted octanol–water partition coefficient (Wildman–Crippen LogP) is 0.862. The van der Waals surface area contributed by atoms with Crippen molar-refractivity contribution in [1.29, 1.82) is 0 Å². The van der Waals surface area contributed by atoms with Crippen molar-refractivity contribution in [3.05, 3.63) is 24.1 Å². The highest BCUT2D eigenvalue weighted by atomic mass is 19.1. The second-order valence-electron chi connectivity index (χ2n) is 4.44. The normalized spacial score (nSPS) is 32.9. The molecule has 2 unspecified atom stereocenters. The molecule has 1 aromatic rings. The average molecular weight is 207 g/mol. The highest BCUT2D eigenvalue weighted by Crippen LogP contribution is 2.51. The fourth-order valence-electron chi connectivity index (χ4n) is 2.78. The lowest BCUT2D eigenvalue weighted by Crippen LogP contribution is -2.27. The molecule has 2 atom stereocenters. The Balaban J connectivity index is 1.75.